The van der Waals surface area contributed by atoms with E-state index in [9.17, 15) is 17.6 Å². The number of rotatable bonds is 2. The molecule has 2 aliphatic heterocycles. The van der Waals surface area contributed by atoms with Crippen molar-refractivity contribution in [1.82, 2.24) is 5.32 Å². The molecule has 0 radical (unpaired) electrons. The molecule has 3 aliphatic rings. The van der Waals surface area contributed by atoms with E-state index in [0.29, 0.717) is 11.4 Å². The van der Waals surface area contributed by atoms with E-state index in [-0.39, 0.29) is 53.5 Å². The van der Waals surface area contributed by atoms with Gasteiger partial charge in [0, 0.05) is 23.4 Å². The van der Waals surface area contributed by atoms with Gasteiger partial charge in [-0.05, 0) is 55.2 Å². The molecule has 1 N–H and O–H groups in total. The maximum Gasteiger partial charge on any atom is 0.220 e. The molecule has 1 saturated carbocycles. The smallest absolute Gasteiger partial charge is 0.220 e. The van der Waals surface area contributed by atoms with Crippen molar-refractivity contribution >= 4 is 27.3 Å². The Balaban J connectivity index is 1.80. The topological polar surface area (TPSA) is 72.5 Å². The van der Waals surface area contributed by atoms with Crippen molar-refractivity contribution in [2.75, 3.05) is 6.61 Å². The van der Waals surface area contributed by atoms with Crippen molar-refractivity contribution in [2.24, 2.45) is 11.8 Å². The number of carbonyl (C=O) groups is 1. The van der Waals surface area contributed by atoms with E-state index in [1.54, 1.807) is 0 Å². The van der Waals surface area contributed by atoms with Crippen LogP contribution in [0.15, 0.2) is 41.3 Å². The van der Waals surface area contributed by atoms with E-state index < -0.39 is 32.1 Å². The highest BCUT2D eigenvalue weighted by Crippen LogP contribution is 2.59. The summed E-state index contributed by atoms with van der Waals surface area (Å²) in [6, 6.07) is 7.31. The van der Waals surface area contributed by atoms with Gasteiger partial charge in [-0.2, -0.15) is 0 Å². The van der Waals surface area contributed by atoms with Crippen LogP contribution in [0.25, 0.3) is 0 Å². The van der Waals surface area contributed by atoms with Crippen molar-refractivity contribution in [3.05, 3.63) is 58.6 Å². The van der Waals surface area contributed by atoms with Gasteiger partial charge in [0.1, 0.15) is 10.6 Å². The molecule has 2 fully saturated rings. The molecule has 2 heterocycles. The predicted octanol–water partition coefficient (Wildman–Crippen LogP) is 3.59. The molecule has 1 saturated heterocycles. The standard InChI is InChI=1S/C21H18ClF2NO4S/c22-11-1-3-12(4-2-11)30(27,28)21-8-7-17-13(9-18(26)25-17)14(21)10-29-20-16(24)6-5-15(23)19(20)21/h1-6,13-14,17H,7-10H2,(H,25,26)/t13-,14+,17+,21+/m1/s1. The molecule has 1 aliphatic carbocycles. The molecule has 2 aromatic carbocycles. The second-order valence-electron chi connectivity index (χ2n) is 8.08. The van der Waals surface area contributed by atoms with Gasteiger partial charge in [0.2, 0.25) is 5.91 Å². The van der Waals surface area contributed by atoms with Gasteiger partial charge >= 0.3 is 0 Å². The van der Waals surface area contributed by atoms with Gasteiger partial charge in [-0.15, -0.1) is 0 Å². The van der Waals surface area contributed by atoms with Gasteiger partial charge in [0.25, 0.3) is 0 Å². The molecule has 158 valence electrons. The summed E-state index contributed by atoms with van der Waals surface area (Å²) in [5.74, 6) is -3.24. The normalized spacial score (nSPS) is 30.0. The second-order valence-corrected chi connectivity index (χ2v) is 10.7. The minimum atomic E-state index is -4.19. The molecular weight excluding hydrogens is 436 g/mol. The second kappa shape index (κ2) is 6.65. The van der Waals surface area contributed by atoms with E-state index in [1.165, 1.54) is 24.3 Å². The van der Waals surface area contributed by atoms with Gasteiger partial charge in [0.05, 0.1) is 17.1 Å². The lowest BCUT2D eigenvalue weighted by Crippen LogP contribution is -2.57. The third-order valence-corrected chi connectivity index (χ3v) is 9.53. The Kier molecular flexibility index (Phi) is 4.38. The molecular formula is C21H18ClF2NO4S. The molecule has 0 bridgehead atoms. The number of hydrogen-bond donors (Lipinski definition) is 1. The third kappa shape index (κ3) is 2.56. The van der Waals surface area contributed by atoms with Crippen LogP contribution >= 0.6 is 11.6 Å². The lowest BCUT2D eigenvalue weighted by molar-refractivity contribution is -0.119. The highest BCUT2D eigenvalue weighted by molar-refractivity contribution is 7.92. The van der Waals surface area contributed by atoms with Crippen molar-refractivity contribution in [3.8, 4) is 5.75 Å². The largest absolute Gasteiger partial charge is 0.490 e. The SMILES string of the molecule is O=C1C[C@H]2[C@H](CC[C@@]3(S(=O)(=O)c4ccc(Cl)cc4)c4c(F)ccc(F)c4OC[C@@H]23)N1. The molecule has 4 atom stereocenters. The van der Waals surface area contributed by atoms with Crippen LogP contribution < -0.4 is 10.1 Å². The maximum atomic E-state index is 15.2. The highest BCUT2D eigenvalue weighted by atomic mass is 35.5. The maximum absolute atomic E-state index is 15.2. The molecule has 1 amide bonds. The number of hydrogen-bond acceptors (Lipinski definition) is 4. The van der Waals surface area contributed by atoms with Crippen LogP contribution in [0.1, 0.15) is 24.8 Å². The zero-order chi connectivity index (χ0) is 21.3. The van der Waals surface area contributed by atoms with Gasteiger partial charge in [-0.1, -0.05) is 11.6 Å². The lowest BCUT2D eigenvalue weighted by atomic mass is 9.65. The first kappa shape index (κ1) is 19.8. The highest BCUT2D eigenvalue weighted by Gasteiger charge is 2.63. The first-order valence-electron chi connectivity index (χ1n) is 9.66. The average molecular weight is 454 g/mol. The zero-order valence-electron chi connectivity index (χ0n) is 15.7. The van der Waals surface area contributed by atoms with E-state index in [0.717, 1.165) is 12.1 Å². The van der Waals surface area contributed by atoms with Crippen LogP contribution in [0, 0.1) is 23.5 Å². The Bertz CT molecular complexity index is 1150. The van der Waals surface area contributed by atoms with E-state index in [1.807, 2.05) is 0 Å². The Morgan fingerprint density at radius 1 is 1.10 bits per heavy atom. The van der Waals surface area contributed by atoms with Crippen LogP contribution in [-0.2, 0) is 19.4 Å². The molecule has 2 aromatic rings. The Hall–Kier alpha value is -2.19. The molecule has 0 unspecified atom stereocenters. The lowest BCUT2D eigenvalue weighted by Gasteiger charge is -2.51. The molecule has 30 heavy (non-hydrogen) atoms. The van der Waals surface area contributed by atoms with Crippen LogP contribution in [0.4, 0.5) is 8.78 Å². The number of sulfone groups is 1. The third-order valence-electron chi connectivity index (χ3n) is 6.72. The summed E-state index contributed by atoms with van der Waals surface area (Å²) < 4.78 is 61.7. The first-order chi connectivity index (χ1) is 14.3. The molecule has 5 rings (SSSR count). The predicted molar refractivity (Wildman–Crippen MR) is 105 cm³/mol. The van der Waals surface area contributed by atoms with Crippen LogP contribution in [0.3, 0.4) is 0 Å². The number of nitrogens with one attached hydrogen (secondary N) is 1. The summed E-state index contributed by atoms with van der Waals surface area (Å²) in [5, 5.41) is 3.24. The number of amides is 1. The number of ether oxygens (including phenoxy) is 1. The van der Waals surface area contributed by atoms with Crippen LogP contribution in [0.2, 0.25) is 5.02 Å². The summed E-state index contributed by atoms with van der Waals surface area (Å²) >= 11 is 5.93. The van der Waals surface area contributed by atoms with Crippen LogP contribution in [-0.4, -0.2) is 27.0 Å². The number of benzene rings is 2. The summed E-state index contributed by atoms with van der Waals surface area (Å²) in [5.41, 5.74) is -0.272. The summed E-state index contributed by atoms with van der Waals surface area (Å²) in [6.45, 7) is -0.115. The van der Waals surface area contributed by atoms with Crippen molar-refractivity contribution in [1.29, 1.82) is 0 Å². The number of carbonyl (C=O) groups excluding carboxylic acids is 1. The van der Waals surface area contributed by atoms with Crippen molar-refractivity contribution in [3.63, 3.8) is 0 Å². The molecule has 5 nitrogen and oxygen atoms in total. The fraction of sp³-hybridized carbons (Fsp3) is 0.381. The zero-order valence-corrected chi connectivity index (χ0v) is 17.3. The van der Waals surface area contributed by atoms with Crippen molar-refractivity contribution in [2.45, 2.75) is 34.9 Å². The summed E-state index contributed by atoms with van der Waals surface area (Å²) in [7, 11) is -4.19. The van der Waals surface area contributed by atoms with E-state index in [4.69, 9.17) is 16.3 Å². The van der Waals surface area contributed by atoms with Gasteiger partial charge in [0.15, 0.2) is 21.4 Å². The summed E-state index contributed by atoms with van der Waals surface area (Å²) in [6.07, 6.45) is 0.513. The average Bonchev–Trinajstić information content (AvgIpc) is 3.10. The fourth-order valence-corrected chi connectivity index (χ4v) is 7.97. The van der Waals surface area contributed by atoms with Crippen LogP contribution in [0.5, 0.6) is 5.75 Å². The van der Waals surface area contributed by atoms with Gasteiger partial charge in [-0.3, -0.25) is 4.79 Å². The molecule has 9 heteroatoms. The minimum Gasteiger partial charge on any atom is -0.490 e. The fourth-order valence-electron chi connectivity index (χ4n) is 5.44. The molecule has 0 aromatic heterocycles. The van der Waals surface area contributed by atoms with Crippen molar-refractivity contribution < 1.29 is 26.7 Å². The van der Waals surface area contributed by atoms with E-state index in [2.05, 4.69) is 5.32 Å². The quantitative estimate of drug-likeness (QED) is 0.754. The number of fused-ring (bicyclic) bond motifs is 5. The van der Waals surface area contributed by atoms with Gasteiger partial charge < -0.3 is 10.1 Å². The van der Waals surface area contributed by atoms with E-state index >= 15 is 4.39 Å². The summed E-state index contributed by atoms with van der Waals surface area (Å²) in [4.78, 5) is 12.0. The molecule has 0 spiro atoms. The number of halogens is 3. The van der Waals surface area contributed by atoms with Gasteiger partial charge in [-0.25, -0.2) is 17.2 Å². The first-order valence-corrected chi connectivity index (χ1v) is 11.5. The minimum absolute atomic E-state index is 0.0239. The Morgan fingerprint density at radius 2 is 1.80 bits per heavy atom. The Labute approximate surface area is 177 Å². The monoisotopic (exact) mass is 453 g/mol. The Morgan fingerprint density at radius 3 is 2.53 bits per heavy atom.